The molecule has 0 radical (unpaired) electrons. The van der Waals surface area contributed by atoms with E-state index in [-0.39, 0.29) is 50.3 Å². The highest BCUT2D eigenvalue weighted by Gasteiger charge is 2.40. The van der Waals surface area contributed by atoms with Crippen LogP contribution in [-0.2, 0) is 24.1 Å². The lowest BCUT2D eigenvalue weighted by Gasteiger charge is -2.29. The fraction of sp³-hybridized carbons (Fsp3) is 0.471. The van der Waals surface area contributed by atoms with Crippen molar-refractivity contribution in [2.45, 2.75) is 44.6 Å². The maximum Gasteiger partial charge on any atom is 0.451 e. The predicted octanol–water partition coefficient (Wildman–Crippen LogP) is 3.08. The Kier molecular flexibility index (Phi) is 5.82. The molecule has 0 unspecified atom stereocenters. The third kappa shape index (κ3) is 4.69. The molecule has 0 bridgehead atoms. The predicted molar refractivity (Wildman–Crippen MR) is 88.8 cm³/mol. The molecule has 0 saturated heterocycles. The summed E-state index contributed by atoms with van der Waals surface area (Å²) in [6, 6.07) is -0.834. The van der Waals surface area contributed by atoms with Gasteiger partial charge in [0.25, 0.3) is 0 Å². The number of nitrogens with two attached hydrogens (primary N) is 1. The van der Waals surface area contributed by atoms with Crippen LogP contribution in [0.15, 0.2) is 35.2 Å². The molecule has 1 aliphatic carbocycles. The molecular weight excluding hydrogens is 404 g/mol. The van der Waals surface area contributed by atoms with Gasteiger partial charge in [0.1, 0.15) is 5.83 Å². The smallest absolute Gasteiger partial charge is 0.333 e. The molecule has 1 amide bonds. The van der Waals surface area contributed by atoms with E-state index in [4.69, 9.17) is 5.73 Å². The summed E-state index contributed by atoms with van der Waals surface area (Å²) < 4.78 is 79.9. The van der Waals surface area contributed by atoms with Gasteiger partial charge in [-0.2, -0.15) is 13.2 Å². The van der Waals surface area contributed by atoms with Gasteiger partial charge in [-0.15, -0.1) is 10.2 Å². The van der Waals surface area contributed by atoms with Gasteiger partial charge in [-0.05, 0) is 24.5 Å². The van der Waals surface area contributed by atoms with Gasteiger partial charge in [-0.3, -0.25) is 4.79 Å². The van der Waals surface area contributed by atoms with Crippen LogP contribution in [-0.4, -0.2) is 38.2 Å². The lowest BCUT2D eigenvalue weighted by molar-refractivity contribution is -0.148. The van der Waals surface area contributed by atoms with Gasteiger partial charge in [-0.1, -0.05) is 0 Å². The van der Waals surface area contributed by atoms with E-state index in [0.29, 0.717) is 6.08 Å². The Labute approximate surface area is 161 Å². The number of carbonyl (C=O) groups excluding carboxylic acids is 1. The van der Waals surface area contributed by atoms with E-state index in [1.807, 2.05) is 0 Å². The zero-order chi connectivity index (χ0) is 21.3. The van der Waals surface area contributed by atoms with Gasteiger partial charge >= 0.3 is 6.18 Å². The van der Waals surface area contributed by atoms with E-state index < -0.39 is 41.4 Å². The van der Waals surface area contributed by atoms with Crippen LogP contribution < -0.4 is 5.73 Å². The SMILES string of the molecule is N[C@@H](CC(=O)N1CCn2c(nnc2C(F)(F)F)C1)CC1=C(F)C=C(F)C(F)=CC1. The monoisotopic (exact) mass is 421 g/mol. The van der Waals surface area contributed by atoms with Gasteiger partial charge in [0.2, 0.25) is 11.7 Å². The molecule has 158 valence electrons. The molecule has 1 aliphatic heterocycles. The summed E-state index contributed by atoms with van der Waals surface area (Å²) in [4.78, 5) is 13.7. The summed E-state index contributed by atoms with van der Waals surface area (Å²) in [5.74, 6) is -5.00. The van der Waals surface area contributed by atoms with Gasteiger partial charge < -0.3 is 15.2 Å². The number of rotatable bonds is 4. The number of aromatic nitrogens is 3. The number of amides is 1. The molecule has 1 atom stereocenters. The minimum absolute atomic E-state index is 0.00393. The van der Waals surface area contributed by atoms with Crippen molar-refractivity contribution in [1.29, 1.82) is 0 Å². The topological polar surface area (TPSA) is 77.0 Å². The quantitative estimate of drug-likeness (QED) is 0.759. The largest absolute Gasteiger partial charge is 0.451 e. The van der Waals surface area contributed by atoms with Crippen LogP contribution in [0.25, 0.3) is 0 Å². The average Bonchev–Trinajstić information content (AvgIpc) is 3.03. The number of alkyl halides is 3. The van der Waals surface area contributed by atoms with Crippen molar-refractivity contribution in [3.8, 4) is 0 Å². The van der Waals surface area contributed by atoms with Gasteiger partial charge in [0.15, 0.2) is 17.5 Å². The van der Waals surface area contributed by atoms with Crippen LogP contribution in [0, 0.1) is 0 Å². The molecule has 0 aromatic carbocycles. The van der Waals surface area contributed by atoms with Crippen molar-refractivity contribution in [3.05, 3.63) is 46.9 Å². The van der Waals surface area contributed by atoms with Crippen molar-refractivity contribution < 1.29 is 31.1 Å². The third-order valence-corrected chi connectivity index (χ3v) is 4.65. The standard InChI is InChI=1S/C17H17F6N5O/c18-11-2-1-9(12(19)7-13(11)20)5-10(24)6-15(29)27-3-4-28-14(8-27)25-26-16(28)17(21,22)23/h2,7,10H,1,3-6,8,24H2/t10-/m1/s1. The lowest BCUT2D eigenvalue weighted by Crippen LogP contribution is -2.41. The third-order valence-electron chi connectivity index (χ3n) is 4.65. The van der Waals surface area contributed by atoms with Gasteiger partial charge in [0, 0.05) is 31.6 Å². The van der Waals surface area contributed by atoms with E-state index in [9.17, 15) is 31.1 Å². The first-order valence-electron chi connectivity index (χ1n) is 8.69. The second-order valence-electron chi connectivity index (χ2n) is 6.77. The molecule has 1 aromatic rings. The summed E-state index contributed by atoms with van der Waals surface area (Å²) in [5, 5.41) is 6.63. The number of carbonyl (C=O) groups is 1. The van der Waals surface area contributed by atoms with E-state index in [0.717, 1.165) is 10.6 Å². The molecule has 2 N–H and O–H groups in total. The molecule has 3 rings (SSSR count). The molecule has 6 nitrogen and oxygen atoms in total. The first-order chi connectivity index (χ1) is 13.6. The number of hydrogen-bond acceptors (Lipinski definition) is 4. The Morgan fingerprint density at radius 1 is 1.17 bits per heavy atom. The maximum absolute atomic E-state index is 14.0. The molecule has 0 spiro atoms. The summed E-state index contributed by atoms with van der Waals surface area (Å²) in [5.41, 5.74) is 5.95. The maximum atomic E-state index is 14.0. The summed E-state index contributed by atoms with van der Waals surface area (Å²) >= 11 is 0. The molecule has 12 heteroatoms. The van der Waals surface area contributed by atoms with E-state index in [1.54, 1.807) is 0 Å². The first kappa shape index (κ1) is 21.1. The minimum Gasteiger partial charge on any atom is -0.333 e. The Bertz CT molecular complexity index is 901. The zero-order valence-corrected chi connectivity index (χ0v) is 15.0. The van der Waals surface area contributed by atoms with Crippen LogP contribution >= 0.6 is 0 Å². The molecule has 29 heavy (non-hydrogen) atoms. The van der Waals surface area contributed by atoms with E-state index >= 15 is 0 Å². The van der Waals surface area contributed by atoms with E-state index in [2.05, 4.69) is 10.2 Å². The van der Waals surface area contributed by atoms with Crippen molar-refractivity contribution in [2.75, 3.05) is 6.54 Å². The Hall–Kier alpha value is -2.63. The highest BCUT2D eigenvalue weighted by molar-refractivity contribution is 5.77. The van der Waals surface area contributed by atoms with Crippen molar-refractivity contribution >= 4 is 5.91 Å². The van der Waals surface area contributed by atoms with Crippen LogP contribution in [0.2, 0.25) is 0 Å². The average molecular weight is 421 g/mol. The highest BCUT2D eigenvalue weighted by atomic mass is 19.4. The fourth-order valence-corrected chi connectivity index (χ4v) is 3.19. The van der Waals surface area contributed by atoms with Gasteiger partial charge in [-0.25, -0.2) is 13.2 Å². The highest BCUT2D eigenvalue weighted by Crippen LogP contribution is 2.30. The van der Waals surface area contributed by atoms with Crippen LogP contribution in [0.4, 0.5) is 26.3 Å². The summed E-state index contributed by atoms with van der Waals surface area (Å²) in [7, 11) is 0. The summed E-state index contributed by atoms with van der Waals surface area (Å²) in [6.45, 7) is -0.266. The first-order valence-corrected chi connectivity index (χ1v) is 8.69. The van der Waals surface area contributed by atoms with Gasteiger partial charge in [0.05, 0.1) is 6.54 Å². The van der Waals surface area contributed by atoms with Crippen LogP contribution in [0.3, 0.4) is 0 Å². The second-order valence-corrected chi connectivity index (χ2v) is 6.77. The summed E-state index contributed by atoms with van der Waals surface area (Å²) in [6.07, 6.45) is -3.83. The molecule has 2 heterocycles. The second kappa shape index (κ2) is 8.01. The normalized spacial score (nSPS) is 18.8. The Balaban J connectivity index is 1.61. The molecule has 0 saturated carbocycles. The Morgan fingerprint density at radius 3 is 2.59 bits per heavy atom. The minimum atomic E-state index is -4.64. The fourth-order valence-electron chi connectivity index (χ4n) is 3.19. The molecular formula is C17H17F6N5O. The molecule has 1 aromatic heterocycles. The van der Waals surface area contributed by atoms with Crippen molar-refractivity contribution in [3.63, 3.8) is 0 Å². The zero-order valence-electron chi connectivity index (χ0n) is 15.0. The molecule has 2 aliphatic rings. The Morgan fingerprint density at radius 2 is 1.90 bits per heavy atom. The van der Waals surface area contributed by atoms with Crippen LogP contribution in [0.1, 0.15) is 30.9 Å². The molecule has 0 fully saturated rings. The number of halogens is 6. The number of hydrogen-bond donors (Lipinski definition) is 1. The number of nitrogens with zero attached hydrogens (tertiary/aromatic N) is 4. The number of allylic oxidation sites excluding steroid dienone is 5. The number of fused-ring (bicyclic) bond motifs is 1. The van der Waals surface area contributed by atoms with Crippen molar-refractivity contribution in [2.24, 2.45) is 5.73 Å². The lowest BCUT2D eigenvalue weighted by atomic mass is 10.00. The van der Waals surface area contributed by atoms with Crippen molar-refractivity contribution in [1.82, 2.24) is 19.7 Å². The van der Waals surface area contributed by atoms with E-state index in [1.165, 1.54) is 4.90 Å². The van der Waals surface area contributed by atoms with Crippen LogP contribution in [0.5, 0.6) is 0 Å².